The quantitative estimate of drug-likeness (QED) is 0.125. The lowest BCUT2D eigenvalue weighted by Gasteiger charge is -2.29. The van der Waals surface area contributed by atoms with Crippen LogP contribution in [0.25, 0.3) is 22.3 Å². The first kappa shape index (κ1) is 35.4. The third-order valence-corrected chi connectivity index (χ3v) is 9.50. The zero-order chi connectivity index (χ0) is 34.0. The van der Waals surface area contributed by atoms with Crippen LogP contribution < -0.4 is 0 Å². The van der Waals surface area contributed by atoms with E-state index in [-0.39, 0.29) is 24.2 Å². The summed E-state index contributed by atoms with van der Waals surface area (Å²) in [6, 6.07) is 26.5. The van der Waals surface area contributed by atoms with E-state index in [1.54, 1.807) is 12.1 Å². The Morgan fingerprint density at radius 3 is 1.24 bits per heavy atom. The molecule has 4 aromatic carbocycles. The van der Waals surface area contributed by atoms with Crippen molar-refractivity contribution >= 4 is 0 Å². The molecule has 6 rings (SSSR count). The van der Waals surface area contributed by atoms with E-state index in [0.29, 0.717) is 75.4 Å². The van der Waals surface area contributed by atoms with Gasteiger partial charge < -0.3 is 23.7 Å². The maximum atomic E-state index is 15.0. The average Bonchev–Trinajstić information content (AvgIpc) is 3.14. The van der Waals surface area contributed by atoms with E-state index >= 15 is 8.78 Å². The van der Waals surface area contributed by atoms with Gasteiger partial charge in [-0.1, -0.05) is 99.5 Å². The lowest BCUT2D eigenvalue weighted by Crippen LogP contribution is -2.26. The standard InChI is InChI=1S/C42H48F2O5/c1-3-5-29-25-46-41(47-26-29)35-13-7-31(8-14-35)37-17-11-33(39(43)23-37)19-21-45-22-20-34-12-18-38(24-40(34)44)32-9-15-36(16-10-32)42-48-27-30(6-4-2)28-49-42/h7-18,23-24,29-30,41-42H,3-6,19-22,25-28H2,1-2H3. The van der Waals surface area contributed by atoms with Gasteiger partial charge >= 0.3 is 0 Å². The average molecular weight is 671 g/mol. The van der Waals surface area contributed by atoms with E-state index in [0.717, 1.165) is 59.1 Å². The van der Waals surface area contributed by atoms with E-state index in [2.05, 4.69) is 13.8 Å². The van der Waals surface area contributed by atoms with E-state index in [1.807, 2.05) is 72.8 Å². The number of benzene rings is 4. The van der Waals surface area contributed by atoms with Crippen molar-refractivity contribution in [3.63, 3.8) is 0 Å². The minimum atomic E-state index is -0.350. The molecule has 49 heavy (non-hydrogen) atoms. The van der Waals surface area contributed by atoms with Crippen LogP contribution in [0.4, 0.5) is 8.78 Å². The molecule has 260 valence electrons. The maximum Gasteiger partial charge on any atom is 0.183 e. The topological polar surface area (TPSA) is 46.2 Å². The van der Waals surface area contributed by atoms with Crippen LogP contribution in [-0.4, -0.2) is 39.6 Å². The first-order valence-electron chi connectivity index (χ1n) is 17.8. The lowest BCUT2D eigenvalue weighted by molar-refractivity contribution is -0.206. The van der Waals surface area contributed by atoms with E-state index in [1.165, 1.54) is 0 Å². The van der Waals surface area contributed by atoms with Gasteiger partial charge in [-0.05, 0) is 71.2 Å². The summed E-state index contributed by atoms with van der Waals surface area (Å²) < 4.78 is 59.5. The molecule has 2 saturated heterocycles. The molecule has 2 fully saturated rings. The van der Waals surface area contributed by atoms with E-state index in [9.17, 15) is 0 Å². The summed E-state index contributed by atoms with van der Waals surface area (Å²) in [7, 11) is 0. The van der Waals surface area contributed by atoms with Crippen LogP contribution >= 0.6 is 0 Å². The second kappa shape index (κ2) is 17.5. The minimum absolute atomic E-state index is 0.264. The molecule has 0 aliphatic carbocycles. The number of ether oxygens (including phenoxy) is 5. The fraction of sp³-hybridized carbons (Fsp3) is 0.429. The molecule has 2 aliphatic heterocycles. The van der Waals surface area contributed by atoms with Crippen LogP contribution in [0.1, 0.15) is 74.4 Å². The number of hydrogen-bond donors (Lipinski definition) is 0. The third kappa shape index (κ3) is 9.41. The highest BCUT2D eigenvalue weighted by Crippen LogP contribution is 2.31. The Hall–Kier alpha value is -3.46. The summed E-state index contributed by atoms with van der Waals surface area (Å²) >= 11 is 0. The van der Waals surface area contributed by atoms with Crippen molar-refractivity contribution in [1.82, 2.24) is 0 Å². The van der Waals surface area contributed by atoms with Crippen molar-refractivity contribution in [2.45, 2.75) is 65.0 Å². The van der Waals surface area contributed by atoms with Crippen LogP contribution in [0.3, 0.4) is 0 Å². The van der Waals surface area contributed by atoms with Gasteiger partial charge in [0, 0.05) is 23.0 Å². The highest BCUT2D eigenvalue weighted by molar-refractivity contribution is 5.65. The van der Waals surface area contributed by atoms with Crippen LogP contribution in [0, 0.1) is 23.5 Å². The summed E-state index contributed by atoms with van der Waals surface area (Å²) in [5, 5.41) is 0. The van der Waals surface area contributed by atoms with Gasteiger partial charge in [0.05, 0.1) is 39.6 Å². The van der Waals surface area contributed by atoms with Crippen molar-refractivity contribution in [3.05, 3.63) is 119 Å². The van der Waals surface area contributed by atoms with Gasteiger partial charge in [0.2, 0.25) is 0 Å². The lowest BCUT2D eigenvalue weighted by atomic mass is 10.0. The maximum absolute atomic E-state index is 15.0. The monoisotopic (exact) mass is 670 g/mol. The third-order valence-electron chi connectivity index (χ3n) is 9.50. The van der Waals surface area contributed by atoms with Crippen LogP contribution in [-0.2, 0) is 36.5 Å². The van der Waals surface area contributed by atoms with Gasteiger partial charge in [-0.2, -0.15) is 0 Å². The molecule has 0 atom stereocenters. The summed E-state index contributed by atoms with van der Waals surface area (Å²) in [6.07, 6.45) is 4.65. The molecule has 0 aromatic heterocycles. The Morgan fingerprint density at radius 1 is 0.531 bits per heavy atom. The van der Waals surface area contributed by atoms with E-state index in [4.69, 9.17) is 23.7 Å². The minimum Gasteiger partial charge on any atom is -0.381 e. The Labute approximate surface area is 289 Å². The van der Waals surface area contributed by atoms with Gasteiger partial charge in [-0.3, -0.25) is 0 Å². The Balaban J connectivity index is 0.935. The van der Waals surface area contributed by atoms with Crippen molar-refractivity contribution < 1.29 is 32.5 Å². The smallest absolute Gasteiger partial charge is 0.183 e. The Morgan fingerprint density at radius 2 is 0.898 bits per heavy atom. The molecule has 5 nitrogen and oxygen atoms in total. The van der Waals surface area contributed by atoms with Crippen LogP contribution in [0.2, 0.25) is 0 Å². The number of rotatable bonds is 14. The van der Waals surface area contributed by atoms with Gasteiger partial charge in [0.1, 0.15) is 11.6 Å². The Bertz CT molecular complexity index is 1490. The molecule has 0 N–H and O–H groups in total. The molecule has 2 aliphatic rings. The molecule has 0 amide bonds. The number of hydrogen-bond acceptors (Lipinski definition) is 5. The normalized spacial score (nSPS) is 21.1. The van der Waals surface area contributed by atoms with Gasteiger partial charge in [-0.25, -0.2) is 8.78 Å². The zero-order valence-corrected chi connectivity index (χ0v) is 28.7. The van der Waals surface area contributed by atoms with Crippen molar-refractivity contribution in [2.75, 3.05) is 39.6 Å². The fourth-order valence-corrected chi connectivity index (χ4v) is 6.61. The molecule has 0 saturated carbocycles. The van der Waals surface area contributed by atoms with Crippen molar-refractivity contribution in [1.29, 1.82) is 0 Å². The molecule has 0 bridgehead atoms. The zero-order valence-electron chi connectivity index (χ0n) is 28.7. The van der Waals surface area contributed by atoms with Crippen molar-refractivity contribution in [2.24, 2.45) is 11.8 Å². The second-order valence-corrected chi connectivity index (χ2v) is 13.3. The predicted octanol–water partition coefficient (Wildman–Crippen LogP) is 10.0. The van der Waals surface area contributed by atoms with Gasteiger partial charge in [0.15, 0.2) is 12.6 Å². The molecule has 2 heterocycles. The largest absolute Gasteiger partial charge is 0.381 e. The summed E-state index contributed by atoms with van der Waals surface area (Å²) in [4.78, 5) is 0. The molecule has 0 unspecified atom stereocenters. The molecule has 4 aromatic rings. The van der Waals surface area contributed by atoms with E-state index < -0.39 is 0 Å². The van der Waals surface area contributed by atoms with Gasteiger partial charge in [-0.15, -0.1) is 0 Å². The van der Waals surface area contributed by atoms with Gasteiger partial charge in [0.25, 0.3) is 0 Å². The predicted molar refractivity (Wildman–Crippen MR) is 188 cm³/mol. The van der Waals surface area contributed by atoms with Crippen LogP contribution in [0.15, 0.2) is 84.9 Å². The van der Waals surface area contributed by atoms with Crippen LogP contribution in [0.5, 0.6) is 0 Å². The molecule has 7 heteroatoms. The number of halogens is 2. The molecule has 0 radical (unpaired) electrons. The first-order valence-corrected chi connectivity index (χ1v) is 17.8. The van der Waals surface area contributed by atoms with Crippen molar-refractivity contribution in [3.8, 4) is 22.3 Å². The summed E-state index contributed by atoms with van der Waals surface area (Å²) in [6.45, 7) is 7.90. The highest BCUT2D eigenvalue weighted by atomic mass is 19.1. The summed E-state index contributed by atoms with van der Waals surface area (Å²) in [5.74, 6) is 0.390. The summed E-state index contributed by atoms with van der Waals surface area (Å²) in [5.41, 5.74) is 6.60. The second-order valence-electron chi connectivity index (χ2n) is 13.3. The SMILES string of the molecule is CCCC1COC(c2ccc(-c3ccc(CCOCCc4ccc(-c5ccc(C6OCC(CCC)CO6)cc5)cc4F)c(F)c3)cc2)OC1. The molecular formula is C42H48F2O5. The first-order chi connectivity index (χ1) is 24.0. The fourth-order valence-electron chi connectivity index (χ4n) is 6.61. The molecular weight excluding hydrogens is 622 g/mol. The molecule has 0 spiro atoms. The Kier molecular flexibility index (Phi) is 12.6. The highest BCUT2D eigenvalue weighted by Gasteiger charge is 2.24.